The summed E-state index contributed by atoms with van der Waals surface area (Å²) in [7, 11) is 0. The van der Waals surface area contributed by atoms with Crippen LogP contribution in [0, 0.1) is 0 Å². The van der Waals surface area contributed by atoms with Gasteiger partial charge in [0.2, 0.25) is 0 Å². The largest absolute Gasteiger partial charge is 0.162 e. The maximum atomic E-state index is 2.04. The minimum Gasteiger partial charge on any atom is -0.162 e. The third-order valence-electron chi connectivity index (χ3n) is 0.577. The molecule has 0 aliphatic carbocycles. The summed E-state index contributed by atoms with van der Waals surface area (Å²) in [5.74, 6) is 2.83. The van der Waals surface area contributed by atoms with Crippen LogP contribution in [0.15, 0.2) is 0 Å². The van der Waals surface area contributed by atoms with Crippen LogP contribution in [-0.2, 0) is 18.6 Å². The van der Waals surface area contributed by atoms with Gasteiger partial charge in [0.05, 0.1) is 0 Å². The van der Waals surface area contributed by atoms with Crippen molar-refractivity contribution in [3.8, 4) is 0 Å². The van der Waals surface area contributed by atoms with Crippen LogP contribution < -0.4 is 0 Å². The topological polar surface area (TPSA) is 0 Å². The summed E-state index contributed by atoms with van der Waals surface area (Å²) < 4.78 is 0. The van der Waals surface area contributed by atoms with E-state index >= 15 is 0 Å². The zero-order valence-corrected chi connectivity index (χ0v) is 5.19. The molecule has 1 fully saturated rings. The average Bonchev–Trinajstić information content (AvgIpc) is 0.722. The molecule has 5 heavy (non-hydrogen) atoms. The van der Waals surface area contributed by atoms with E-state index in [9.17, 15) is 0 Å². The number of hydrogen-bond donors (Lipinski definition) is 0. The van der Waals surface area contributed by atoms with Gasteiger partial charge in [-0.2, -0.15) is 11.8 Å². The van der Waals surface area contributed by atoms with Gasteiger partial charge < -0.3 is 0 Å². The number of hydrogen-bond acceptors (Lipinski definition) is 1. The summed E-state index contributed by atoms with van der Waals surface area (Å²) in [6.07, 6.45) is 1.46. The van der Waals surface area contributed by atoms with Gasteiger partial charge in [-0.15, -0.1) is 0 Å². The van der Waals surface area contributed by atoms with E-state index < -0.39 is 0 Å². The summed E-state index contributed by atoms with van der Waals surface area (Å²) >= 11 is 2.04. The molecule has 0 aromatic rings. The van der Waals surface area contributed by atoms with Crippen molar-refractivity contribution in [3.05, 3.63) is 0 Å². The fourth-order valence-electron chi connectivity index (χ4n) is 0.144. The second-order valence-electron chi connectivity index (χ2n) is 0.966. The van der Waals surface area contributed by atoms with Crippen LogP contribution in [0.25, 0.3) is 0 Å². The van der Waals surface area contributed by atoms with E-state index in [0.717, 1.165) is 0 Å². The molecule has 0 spiro atoms. The molecule has 1 rings (SSSR count). The van der Waals surface area contributed by atoms with E-state index in [2.05, 4.69) is 0 Å². The zero-order chi connectivity index (χ0) is 2.83. The summed E-state index contributed by atoms with van der Waals surface area (Å²) in [5.41, 5.74) is 0. The molecule has 0 aromatic heterocycles. The van der Waals surface area contributed by atoms with Crippen molar-refractivity contribution >= 4 is 11.8 Å². The molecule has 1 radical (unpaired) electrons. The molecule has 0 unspecified atom stereocenters. The van der Waals surface area contributed by atoms with Gasteiger partial charge in [0.15, 0.2) is 0 Å². The molecule has 0 atom stereocenters. The SMILES string of the molecule is C1CSC1.[V]. The van der Waals surface area contributed by atoms with Crippen molar-refractivity contribution in [2.45, 2.75) is 6.42 Å². The Hall–Kier alpha value is 0.934. The first-order chi connectivity index (χ1) is 2.00. The molecule has 29 valence electrons. The summed E-state index contributed by atoms with van der Waals surface area (Å²) in [6, 6.07) is 0. The van der Waals surface area contributed by atoms with E-state index in [1.54, 1.807) is 0 Å². The smallest absolute Gasteiger partial charge is 0 e. The standard InChI is InChI=1S/C3H6S.V/c1-2-4-3-1;/h1-3H2;. The van der Waals surface area contributed by atoms with Gasteiger partial charge in [-0.1, -0.05) is 0 Å². The minimum atomic E-state index is 0. The van der Waals surface area contributed by atoms with Crippen LogP contribution in [0.3, 0.4) is 0 Å². The first-order valence-corrected chi connectivity index (χ1v) is 2.73. The molecule has 0 N–H and O–H groups in total. The molecule has 0 bridgehead atoms. The third-order valence-corrected chi connectivity index (χ3v) is 1.73. The summed E-state index contributed by atoms with van der Waals surface area (Å²) in [5, 5.41) is 0. The number of rotatable bonds is 0. The quantitative estimate of drug-likeness (QED) is 0.467. The molecule has 0 saturated carbocycles. The first-order valence-electron chi connectivity index (χ1n) is 1.58. The minimum absolute atomic E-state index is 0. The van der Waals surface area contributed by atoms with Crippen LogP contribution in [0.5, 0.6) is 0 Å². The van der Waals surface area contributed by atoms with Gasteiger partial charge in [0.1, 0.15) is 0 Å². The molecular weight excluding hydrogens is 119 g/mol. The van der Waals surface area contributed by atoms with E-state index in [1.165, 1.54) is 17.9 Å². The monoisotopic (exact) mass is 125 g/mol. The predicted molar refractivity (Wildman–Crippen MR) is 21.9 cm³/mol. The third kappa shape index (κ3) is 1.75. The Kier molecular flexibility index (Phi) is 3.72. The Morgan fingerprint density at radius 3 is 1.40 bits per heavy atom. The van der Waals surface area contributed by atoms with Crippen molar-refractivity contribution in [1.82, 2.24) is 0 Å². The second kappa shape index (κ2) is 3.14. The summed E-state index contributed by atoms with van der Waals surface area (Å²) in [6.45, 7) is 0. The molecule has 1 saturated heterocycles. The van der Waals surface area contributed by atoms with E-state index in [4.69, 9.17) is 0 Å². The zero-order valence-electron chi connectivity index (χ0n) is 2.98. The maximum absolute atomic E-state index is 2.04. The summed E-state index contributed by atoms with van der Waals surface area (Å²) in [4.78, 5) is 0. The molecule has 1 aliphatic rings. The molecular formula is C3H6SV. The van der Waals surface area contributed by atoms with Crippen LogP contribution in [0.4, 0.5) is 0 Å². The normalized spacial score (nSPS) is 19.2. The molecule has 0 amide bonds. The predicted octanol–water partition coefficient (Wildman–Crippen LogP) is 1.12. The van der Waals surface area contributed by atoms with Gasteiger partial charge >= 0.3 is 0 Å². The molecule has 2 heteroatoms. The van der Waals surface area contributed by atoms with Crippen LogP contribution in [0.2, 0.25) is 0 Å². The van der Waals surface area contributed by atoms with Gasteiger partial charge in [0, 0.05) is 18.6 Å². The van der Waals surface area contributed by atoms with Crippen molar-refractivity contribution in [1.29, 1.82) is 0 Å². The van der Waals surface area contributed by atoms with Gasteiger partial charge in [0.25, 0.3) is 0 Å². The van der Waals surface area contributed by atoms with Crippen LogP contribution in [-0.4, -0.2) is 11.5 Å². The Labute approximate surface area is 48.6 Å². The number of thioether (sulfide) groups is 1. The average molecular weight is 125 g/mol. The Morgan fingerprint density at radius 2 is 1.40 bits per heavy atom. The van der Waals surface area contributed by atoms with Crippen molar-refractivity contribution in [2.75, 3.05) is 11.5 Å². The van der Waals surface area contributed by atoms with Crippen molar-refractivity contribution in [3.63, 3.8) is 0 Å². The van der Waals surface area contributed by atoms with E-state index in [1.807, 2.05) is 11.8 Å². The van der Waals surface area contributed by atoms with E-state index in [-0.39, 0.29) is 18.6 Å². The van der Waals surface area contributed by atoms with E-state index in [0.29, 0.717) is 0 Å². The first kappa shape index (κ1) is 5.93. The Balaban J connectivity index is 0.000000160. The Morgan fingerprint density at radius 1 is 1.20 bits per heavy atom. The van der Waals surface area contributed by atoms with Gasteiger partial charge in [-0.3, -0.25) is 0 Å². The molecule has 1 heterocycles. The van der Waals surface area contributed by atoms with Gasteiger partial charge in [-0.05, 0) is 17.9 Å². The second-order valence-corrected chi connectivity index (χ2v) is 2.19. The fourth-order valence-corrected chi connectivity index (χ4v) is 0.433. The van der Waals surface area contributed by atoms with Crippen molar-refractivity contribution < 1.29 is 18.6 Å². The van der Waals surface area contributed by atoms with Crippen LogP contribution >= 0.6 is 11.8 Å². The molecule has 0 nitrogen and oxygen atoms in total. The van der Waals surface area contributed by atoms with Crippen molar-refractivity contribution in [2.24, 2.45) is 0 Å². The van der Waals surface area contributed by atoms with Crippen LogP contribution in [0.1, 0.15) is 6.42 Å². The van der Waals surface area contributed by atoms with Gasteiger partial charge in [-0.25, -0.2) is 0 Å². The maximum Gasteiger partial charge on any atom is 0 e. The molecule has 0 aromatic carbocycles. The molecule has 1 aliphatic heterocycles. The Bertz CT molecular complexity index is 14.9. The fraction of sp³-hybridized carbons (Fsp3) is 1.00.